The number of aromatic nitrogens is 2. The fourth-order valence-electron chi connectivity index (χ4n) is 1.66. The molecule has 1 aromatic carbocycles. The maximum atomic E-state index is 11.6. The van der Waals surface area contributed by atoms with Gasteiger partial charge in [0.05, 0.1) is 6.20 Å². The van der Waals surface area contributed by atoms with Crippen LogP contribution in [0.3, 0.4) is 0 Å². The van der Waals surface area contributed by atoms with Crippen molar-refractivity contribution < 1.29 is 4.79 Å². The van der Waals surface area contributed by atoms with Crippen LogP contribution in [0.25, 0.3) is 0 Å². The van der Waals surface area contributed by atoms with E-state index in [-0.39, 0.29) is 22.6 Å². The number of rotatable bonds is 3. The van der Waals surface area contributed by atoms with Gasteiger partial charge in [-0.25, -0.2) is 4.98 Å². The number of anilines is 2. The molecule has 106 valence electrons. The summed E-state index contributed by atoms with van der Waals surface area (Å²) in [6.07, 6.45) is 1.34. The molecule has 2 N–H and O–H groups in total. The second-order valence-corrected chi connectivity index (χ2v) is 4.60. The Balaban J connectivity index is 2.33. The third-order valence-corrected chi connectivity index (χ3v) is 3.12. The monoisotopic (exact) mass is 301 g/mol. The predicted molar refractivity (Wildman–Crippen MR) is 79.6 cm³/mol. The SMILES string of the molecule is CNC(=O)c1ccc(C)c(Nc2ncc(C#N)c(Cl)n2)c1. The summed E-state index contributed by atoms with van der Waals surface area (Å²) in [7, 11) is 1.57. The van der Waals surface area contributed by atoms with Gasteiger partial charge in [0.2, 0.25) is 5.95 Å². The molecule has 0 aliphatic rings. The molecular formula is C14H12ClN5O. The van der Waals surface area contributed by atoms with Crippen molar-refractivity contribution in [2.75, 3.05) is 12.4 Å². The summed E-state index contributed by atoms with van der Waals surface area (Å²) in [6.45, 7) is 1.89. The fourth-order valence-corrected chi connectivity index (χ4v) is 1.83. The quantitative estimate of drug-likeness (QED) is 0.850. The Bertz CT molecular complexity index is 739. The van der Waals surface area contributed by atoms with Crippen LogP contribution in [-0.4, -0.2) is 22.9 Å². The summed E-state index contributed by atoms with van der Waals surface area (Å²) in [5, 5.41) is 14.4. The highest BCUT2D eigenvalue weighted by molar-refractivity contribution is 6.30. The lowest BCUT2D eigenvalue weighted by atomic mass is 10.1. The van der Waals surface area contributed by atoms with Crippen molar-refractivity contribution in [1.29, 1.82) is 5.26 Å². The highest BCUT2D eigenvalue weighted by Gasteiger charge is 2.09. The molecule has 1 amide bonds. The molecule has 0 spiro atoms. The molecule has 0 saturated carbocycles. The Morgan fingerprint density at radius 1 is 1.43 bits per heavy atom. The van der Waals surface area contributed by atoms with E-state index in [4.69, 9.17) is 16.9 Å². The predicted octanol–water partition coefficient (Wildman–Crippen LogP) is 2.41. The first-order valence-electron chi connectivity index (χ1n) is 6.07. The maximum absolute atomic E-state index is 11.6. The van der Waals surface area contributed by atoms with Crippen molar-refractivity contribution >= 4 is 29.1 Å². The van der Waals surface area contributed by atoms with E-state index in [2.05, 4.69) is 20.6 Å². The van der Waals surface area contributed by atoms with Crippen molar-refractivity contribution in [2.45, 2.75) is 6.92 Å². The van der Waals surface area contributed by atoms with E-state index in [1.807, 2.05) is 19.1 Å². The molecule has 0 radical (unpaired) electrons. The molecule has 0 unspecified atom stereocenters. The van der Waals surface area contributed by atoms with Crippen LogP contribution in [0.5, 0.6) is 0 Å². The Hall–Kier alpha value is -2.65. The van der Waals surface area contributed by atoms with E-state index in [1.165, 1.54) is 6.20 Å². The number of aryl methyl sites for hydroxylation is 1. The number of carbonyl (C=O) groups excluding carboxylic acids is 1. The van der Waals surface area contributed by atoms with Gasteiger partial charge in [0.25, 0.3) is 5.91 Å². The van der Waals surface area contributed by atoms with Gasteiger partial charge >= 0.3 is 0 Å². The van der Waals surface area contributed by atoms with Crippen molar-refractivity contribution in [1.82, 2.24) is 15.3 Å². The van der Waals surface area contributed by atoms with Crippen molar-refractivity contribution in [3.05, 3.63) is 46.2 Å². The molecule has 21 heavy (non-hydrogen) atoms. The molecule has 1 heterocycles. The Labute approximate surface area is 126 Å². The number of halogens is 1. The summed E-state index contributed by atoms with van der Waals surface area (Å²) >= 11 is 5.86. The van der Waals surface area contributed by atoms with Gasteiger partial charge in [-0.05, 0) is 24.6 Å². The summed E-state index contributed by atoms with van der Waals surface area (Å²) in [5.41, 5.74) is 2.34. The molecule has 0 atom stereocenters. The smallest absolute Gasteiger partial charge is 0.251 e. The number of amides is 1. The van der Waals surface area contributed by atoms with Crippen molar-refractivity contribution in [3.63, 3.8) is 0 Å². The fraction of sp³-hybridized carbons (Fsp3) is 0.143. The first kappa shape index (κ1) is 14.8. The van der Waals surface area contributed by atoms with E-state index in [1.54, 1.807) is 19.2 Å². The van der Waals surface area contributed by atoms with E-state index in [0.29, 0.717) is 11.3 Å². The molecule has 0 bridgehead atoms. The van der Waals surface area contributed by atoms with Crippen LogP contribution in [-0.2, 0) is 0 Å². The molecule has 1 aromatic heterocycles. The maximum Gasteiger partial charge on any atom is 0.251 e. The van der Waals surface area contributed by atoms with Gasteiger partial charge in [0, 0.05) is 18.3 Å². The third kappa shape index (κ3) is 3.27. The minimum absolute atomic E-state index is 0.0788. The highest BCUT2D eigenvalue weighted by atomic mass is 35.5. The number of benzene rings is 1. The molecule has 0 fully saturated rings. The van der Waals surface area contributed by atoms with Gasteiger partial charge in [-0.3, -0.25) is 4.79 Å². The number of hydrogen-bond donors (Lipinski definition) is 2. The van der Waals surface area contributed by atoms with E-state index in [9.17, 15) is 4.79 Å². The van der Waals surface area contributed by atoms with Gasteiger partial charge < -0.3 is 10.6 Å². The van der Waals surface area contributed by atoms with Crippen molar-refractivity contribution in [3.8, 4) is 6.07 Å². The second kappa shape index (κ2) is 6.20. The van der Waals surface area contributed by atoms with Crippen LogP contribution in [0.2, 0.25) is 5.15 Å². The van der Waals surface area contributed by atoms with Gasteiger partial charge in [-0.1, -0.05) is 17.7 Å². The Kier molecular flexibility index (Phi) is 4.36. The largest absolute Gasteiger partial charge is 0.355 e. The van der Waals surface area contributed by atoms with Gasteiger partial charge in [-0.2, -0.15) is 10.2 Å². The number of nitrogens with zero attached hydrogens (tertiary/aromatic N) is 3. The zero-order chi connectivity index (χ0) is 15.4. The molecule has 7 heteroatoms. The normalized spacial score (nSPS) is 9.81. The summed E-state index contributed by atoms with van der Waals surface area (Å²) in [5.74, 6) is 0.0768. The molecule has 0 saturated heterocycles. The Morgan fingerprint density at radius 2 is 2.19 bits per heavy atom. The first-order chi connectivity index (χ1) is 10.0. The van der Waals surface area contributed by atoms with Crippen LogP contribution in [0, 0.1) is 18.3 Å². The lowest BCUT2D eigenvalue weighted by Gasteiger charge is -2.10. The van der Waals surface area contributed by atoms with Gasteiger partial charge in [-0.15, -0.1) is 0 Å². The Morgan fingerprint density at radius 3 is 2.81 bits per heavy atom. The topological polar surface area (TPSA) is 90.7 Å². The lowest BCUT2D eigenvalue weighted by Crippen LogP contribution is -2.17. The van der Waals surface area contributed by atoms with E-state index >= 15 is 0 Å². The molecule has 0 aliphatic heterocycles. The minimum atomic E-state index is -0.183. The second-order valence-electron chi connectivity index (χ2n) is 4.24. The molecule has 2 rings (SSSR count). The number of hydrogen-bond acceptors (Lipinski definition) is 5. The molecule has 0 aliphatic carbocycles. The van der Waals surface area contributed by atoms with E-state index < -0.39 is 0 Å². The molecule has 2 aromatic rings. The lowest BCUT2D eigenvalue weighted by molar-refractivity contribution is 0.0963. The highest BCUT2D eigenvalue weighted by Crippen LogP contribution is 2.21. The number of nitriles is 1. The van der Waals surface area contributed by atoms with Gasteiger partial charge in [0.15, 0.2) is 5.15 Å². The van der Waals surface area contributed by atoms with E-state index in [0.717, 1.165) is 5.56 Å². The summed E-state index contributed by atoms with van der Waals surface area (Å²) in [4.78, 5) is 19.6. The molecular weight excluding hydrogens is 290 g/mol. The van der Waals surface area contributed by atoms with Crippen LogP contribution in [0.15, 0.2) is 24.4 Å². The first-order valence-corrected chi connectivity index (χ1v) is 6.45. The van der Waals surface area contributed by atoms with Gasteiger partial charge in [0.1, 0.15) is 11.6 Å². The summed E-state index contributed by atoms with van der Waals surface area (Å²) < 4.78 is 0. The standard InChI is InChI=1S/C14H12ClN5O/c1-8-3-4-9(13(21)17-2)5-11(8)19-14-18-7-10(6-16)12(15)20-14/h3-5,7H,1-2H3,(H,17,21)(H,18,19,20). The number of nitrogens with one attached hydrogen (secondary N) is 2. The number of carbonyl (C=O) groups is 1. The average Bonchev–Trinajstić information content (AvgIpc) is 2.49. The average molecular weight is 302 g/mol. The zero-order valence-electron chi connectivity index (χ0n) is 11.4. The van der Waals surface area contributed by atoms with Crippen LogP contribution >= 0.6 is 11.6 Å². The zero-order valence-corrected chi connectivity index (χ0v) is 12.2. The molecule has 6 nitrogen and oxygen atoms in total. The minimum Gasteiger partial charge on any atom is -0.355 e. The summed E-state index contributed by atoms with van der Waals surface area (Å²) in [6, 6.07) is 7.14. The van der Waals surface area contributed by atoms with Crippen LogP contribution in [0.4, 0.5) is 11.6 Å². The van der Waals surface area contributed by atoms with Crippen LogP contribution < -0.4 is 10.6 Å². The van der Waals surface area contributed by atoms with Crippen molar-refractivity contribution in [2.24, 2.45) is 0 Å². The van der Waals surface area contributed by atoms with Crippen LogP contribution in [0.1, 0.15) is 21.5 Å². The third-order valence-electron chi connectivity index (χ3n) is 2.84.